The van der Waals surface area contributed by atoms with E-state index in [4.69, 9.17) is 21.1 Å². The summed E-state index contributed by atoms with van der Waals surface area (Å²) < 4.78 is 39.0. The molecular formula is C36H42ClIN6O8S. The number of likely N-dealkylation sites (tertiary alicyclic amines) is 1. The van der Waals surface area contributed by atoms with Crippen LogP contribution in [0.3, 0.4) is 0 Å². The number of pyridine rings is 1. The minimum absolute atomic E-state index is 0.0107. The number of nitrogens with one attached hydrogen (secondary N) is 3. The smallest absolute Gasteiger partial charge is 0.260 e. The molecule has 3 fully saturated rings. The number of carbonyl (C=O) groups excluding carboxylic acids is 4. The first kappa shape index (κ1) is 38.8. The van der Waals surface area contributed by atoms with Crippen LogP contribution < -0.4 is 24.8 Å². The Hall–Kier alpha value is -3.90. The van der Waals surface area contributed by atoms with Crippen molar-refractivity contribution in [2.45, 2.75) is 72.4 Å². The van der Waals surface area contributed by atoms with E-state index in [1.165, 1.54) is 23.1 Å². The van der Waals surface area contributed by atoms with Gasteiger partial charge in [-0.1, -0.05) is 48.0 Å². The SMILES string of the molecule is COc1cnc(O[C@@H]2C[C@@H](C(=O)N[C@]3(C(=O)NS(=O)(=O)C4CC4)C[C@H]3I)N(C(=O)[C@@H](Nc3ccc(C(=O)N(C)C)cc3)C(C)C)C2)c2cc(Cl)ccc12. The maximum Gasteiger partial charge on any atom is 0.260 e. The van der Waals surface area contributed by atoms with E-state index in [9.17, 15) is 27.6 Å². The molecule has 2 saturated carbocycles. The zero-order valence-corrected chi connectivity index (χ0v) is 33.6. The number of aromatic nitrogens is 1. The molecule has 17 heteroatoms. The predicted molar refractivity (Wildman–Crippen MR) is 208 cm³/mol. The lowest BCUT2D eigenvalue weighted by atomic mass is 10.0. The van der Waals surface area contributed by atoms with Gasteiger partial charge in [0.15, 0.2) is 0 Å². The van der Waals surface area contributed by atoms with Crippen molar-refractivity contribution >= 4 is 84.3 Å². The third kappa shape index (κ3) is 8.13. The Morgan fingerprint density at radius 2 is 1.75 bits per heavy atom. The number of amides is 4. The first-order chi connectivity index (χ1) is 25.0. The second-order valence-corrected chi connectivity index (χ2v) is 18.2. The molecule has 3 aromatic rings. The number of anilines is 1. The summed E-state index contributed by atoms with van der Waals surface area (Å²) in [4.78, 5) is 61.9. The lowest BCUT2D eigenvalue weighted by Crippen LogP contribution is -2.58. The maximum atomic E-state index is 14.5. The van der Waals surface area contributed by atoms with E-state index in [1.54, 1.807) is 56.6 Å². The van der Waals surface area contributed by atoms with Gasteiger partial charge in [-0.25, -0.2) is 13.4 Å². The molecule has 4 amide bonds. The number of hydrogen-bond acceptors (Lipinski definition) is 10. The van der Waals surface area contributed by atoms with E-state index in [-0.39, 0.29) is 46.9 Å². The van der Waals surface area contributed by atoms with Crippen LogP contribution >= 0.6 is 34.2 Å². The Balaban J connectivity index is 1.28. The van der Waals surface area contributed by atoms with Gasteiger partial charge in [0, 0.05) is 51.5 Å². The third-order valence-corrected chi connectivity index (χ3v) is 13.3. The first-order valence-corrected chi connectivity index (χ1v) is 20.4. The monoisotopic (exact) mass is 880 g/mol. The minimum atomic E-state index is -3.86. The Labute approximate surface area is 326 Å². The van der Waals surface area contributed by atoms with Crippen molar-refractivity contribution in [3.05, 3.63) is 59.2 Å². The molecule has 3 aliphatic rings. The van der Waals surface area contributed by atoms with Crippen LogP contribution in [0.5, 0.6) is 11.6 Å². The van der Waals surface area contributed by atoms with E-state index >= 15 is 0 Å². The molecule has 284 valence electrons. The number of fused-ring (bicyclic) bond motifs is 1. The van der Waals surface area contributed by atoms with Crippen LogP contribution in [0, 0.1) is 5.92 Å². The molecule has 0 radical (unpaired) electrons. The van der Waals surface area contributed by atoms with Crippen molar-refractivity contribution in [1.29, 1.82) is 0 Å². The number of hydrogen-bond donors (Lipinski definition) is 3. The number of halogens is 2. The summed E-state index contributed by atoms with van der Waals surface area (Å²) >= 11 is 8.36. The maximum absolute atomic E-state index is 14.5. The topological polar surface area (TPSA) is 176 Å². The molecule has 0 unspecified atom stereocenters. The zero-order valence-electron chi connectivity index (χ0n) is 29.9. The van der Waals surface area contributed by atoms with Gasteiger partial charge in [0.25, 0.3) is 11.8 Å². The van der Waals surface area contributed by atoms with Crippen molar-refractivity contribution in [3.63, 3.8) is 0 Å². The van der Waals surface area contributed by atoms with Gasteiger partial charge in [-0.3, -0.25) is 23.9 Å². The third-order valence-electron chi connectivity index (χ3n) is 9.74. The summed E-state index contributed by atoms with van der Waals surface area (Å²) in [7, 11) is 1.00. The predicted octanol–water partition coefficient (Wildman–Crippen LogP) is 3.75. The molecule has 2 aliphatic carbocycles. The number of benzene rings is 2. The second kappa shape index (κ2) is 15.1. The normalized spacial score (nSPS) is 22.9. The quantitative estimate of drug-likeness (QED) is 0.169. The van der Waals surface area contributed by atoms with E-state index in [0.717, 1.165) is 0 Å². The fourth-order valence-electron chi connectivity index (χ4n) is 6.42. The summed E-state index contributed by atoms with van der Waals surface area (Å²) in [6.07, 6.45) is 2.07. The molecule has 5 atom stereocenters. The summed E-state index contributed by atoms with van der Waals surface area (Å²) in [6, 6.07) is 10.1. The average Bonchev–Trinajstić information content (AvgIpc) is 4.04. The van der Waals surface area contributed by atoms with Crippen molar-refractivity contribution in [2.24, 2.45) is 5.92 Å². The summed E-state index contributed by atoms with van der Waals surface area (Å²) in [5.41, 5.74) is -0.356. The number of carbonyl (C=O) groups is 4. The highest BCUT2D eigenvalue weighted by molar-refractivity contribution is 14.1. The van der Waals surface area contributed by atoms with Crippen LogP contribution in [-0.4, -0.2) is 107 Å². The number of ether oxygens (including phenoxy) is 2. The van der Waals surface area contributed by atoms with Crippen molar-refractivity contribution < 1.29 is 37.1 Å². The van der Waals surface area contributed by atoms with Crippen LogP contribution in [0.15, 0.2) is 48.7 Å². The second-order valence-electron chi connectivity index (χ2n) is 14.3. The highest BCUT2D eigenvalue weighted by atomic mass is 127. The van der Waals surface area contributed by atoms with Gasteiger partial charge in [-0.05, 0) is 67.6 Å². The molecule has 0 bridgehead atoms. The first-order valence-electron chi connectivity index (χ1n) is 17.2. The Morgan fingerprint density at radius 3 is 2.34 bits per heavy atom. The molecule has 3 N–H and O–H groups in total. The van der Waals surface area contributed by atoms with Crippen LogP contribution in [0.4, 0.5) is 5.69 Å². The standard InChI is InChI=1S/C36H42ClIN6O8S/c1-19(2)30(40-22-9-6-20(7-10-22)33(46)43(3)4)34(47)44-18-23(52-32-26-14-21(37)8-13-25(26)28(51-5)17-39-32)15-27(44)31(45)41-36(16-29(36)38)35(48)42-53(49,50)24-11-12-24/h6-10,13-14,17,19,23-24,27,29-30,40H,11-12,15-16,18H2,1-5H3,(H,41,45)(H,42,48)/t23-,27+,29-,30+,36-/m1/s1. The molecule has 2 heterocycles. The lowest BCUT2D eigenvalue weighted by Gasteiger charge is -2.31. The van der Waals surface area contributed by atoms with Gasteiger partial charge in [0.05, 0.1) is 25.1 Å². The summed E-state index contributed by atoms with van der Waals surface area (Å²) in [6.45, 7) is 3.76. The molecule has 1 saturated heterocycles. The molecular weight excluding hydrogens is 839 g/mol. The van der Waals surface area contributed by atoms with E-state index < -0.39 is 50.8 Å². The molecule has 1 aromatic heterocycles. The van der Waals surface area contributed by atoms with Crippen molar-refractivity contribution in [2.75, 3.05) is 33.1 Å². The molecule has 1 aliphatic heterocycles. The van der Waals surface area contributed by atoms with E-state index in [2.05, 4.69) is 20.3 Å². The largest absolute Gasteiger partial charge is 0.494 e. The molecule has 2 aromatic carbocycles. The summed E-state index contributed by atoms with van der Waals surface area (Å²) in [5, 5.41) is 7.24. The van der Waals surface area contributed by atoms with Gasteiger partial charge in [0.2, 0.25) is 27.7 Å². The van der Waals surface area contributed by atoms with E-state index in [1.807, 2.05) is 36.4 Å². The Bertz CT molecular complexity index is 2050. The zero-order chi connectivity index (χ0) is 38.4. The van der Waals surface area contributed by atoms with Gasteiger partial charge in [-0.2, -0.15) is 0 Å². The van der Waals surface area contributed by atoms with Crippen LogP contribution in [0.2, 0.25) is 5.02 Å². The highest BCUT2D eigenvalue weighted by Crippen LogP contribution is 2.44. The van der Waals surface area contributed by atoms with Crippen LogP contribution in [-0.2, 0) is 24.4 Å². The molecule has 0 spiro atoms. The average molecular weight is 881 g/mol. The van der Waals surface area contributed by atoms with Crippen molar-refractivity contribution in [1.82, 2.24) is 24.8 Å². The number of nitrogens with zero attached hydrogens (tertiary/aromatic N) is 3. The lowest BCUT2D eigenvalue weighted by molar-refractivity contribution is -0.140. The number of methoxy groups -OCH3 is 1. The fourth-order valence-corrected chi connectivity index (χ4v) is 9.09. The molecule has 53 heavy (non-hydrogen) atoms. The Morgan fingerprint density at radius 1 is 1.08 bits per heavy atom. The van der Waals surface area contributed by atoms with Crippen LogP contribution in [0.1, 0.15) is 49.9 Å². The van der Waals surface area contributed by atoms with Gasteiger partial charge in [0.1, 0.15) is 29.5 Å². The minimum Gasteiger partial charge on any atom is -0.494 e. The number of sulfonamides is 1. The van der Waals surface area contributed by atoms with Crippen molar-refractivity contribution in [3.8, 4) is 11.6 Å². The number of alkyl halides is 1. The number of rotatable bonds is 13. The highest BCUT2D eigenvalue weighted by Gasteiger charge is 2.62. The Kier molecular flexibility index (Phi) is 11.0. The van der Waals surface area contributed by atoms with Gasteiger partial charge in [-0.15, -0.1) is 0 Å². The van der Waals surface area contributed by atoms with E-state index in [0.29, 0.717) is 45.6 Å². The molecule has 6 rings (SSSR count). The van der Waals surface area contributed by atoms with Gasteiger partial charge >= 0.3 is 0 Å². The summed E-state index contributed by atoms with van der Waals surface area (Å²) in [5.74, 6) is -1.42. The van der Waals surface area contributed by atoms with Crippen LogP contribution in [0.25, 0.3) is 10.8 Å². The van der Waals surface area contributed by atoms with Gasteiger partial charge < -0.3 is 29.9 Å². The molecule has 14 nitrogen and oxygen atoms in total. The fraction of sp³-hybridized carbons (Fsp3) is 0.472.